The van der Waals surface area contributed by atoms with Crippen LogP contribution in [0.2, 0.25) is 0 Å². The molecule has 0 aliphatic carbocycles. The number of carboxylic acid groups (broad SMARTS) is 1. The van der Waals surface area contributed by atoms with Gasteiger partial charge in [-0.15, -0.1) is 0 Å². The van der Waals surface area contributed by atoms with Gasteiger partial charge in [0.25, 0.3) is 0 Å². The Balaban J connectivity index is 1.78. The molecule has 0 spiro atoms. The van der Waals surface area contributed by atoms with Gasteiger partial charge in [-0.25, -0.2) is 9.18 Å². The molecule has 4 nitrogen and oxygen atoms in total. The predicted octanol–water partition coefficient (Wildman–Crippen LogP) is 5.55. The number of nitrogens with one attached hydrogen (secondary N) is 1. The first-order valence-electron chi connectivity index (χ1n) is 8.17. The smallest absolute Gasteiger partial charge is 0.335 e. The summed E-state index contributed by atoms with van der Waals surface area (Å²) < 4.78 is 20.7. The second-order valence-corrected chi connectivity index (χ2v) is 6.32. The maximum absolute atomic E-state index is 14.9. The van der Waals surface area contributed by atoms with Crippen molar-refractivity contribution in [1.29, 1.82) is 0 Å². The Bertz CT molecular complexity index is 1140. The first kappa shape index (κ1) is 16.1. The fourth-order valence-corrected chi connectivity index (χ4v) is 3.11. The van der Waals surface area contributed by atoms with Crippen molar-refractivity contribution in [3.05, 3.63) is 71.0 Å². The van der Waals surface area contributed by atoms with Crippen molar-refractivity contribution >= 4 is 16.9 Å². The van der Waals surface area contributed by atoms with E-state index >= 15 is 0 Å². The van der Waals surface area contributed by atoms with Gasteiger partial charge in [0.05, 0.1) is 16.6 Å². The van der Waals surface area contributed by atoms with E-state index in [-0.39, 0.29) is 17.1 Å². The van der Waals surface area contributed by atoms with Gasteiger partial charge in [0.15, 0.2) is 11.6 Å². The van der Waals surface area contributed by atoms with Crippen LogP contribution in [0.3, 0.4) is 0 Å². The van der Waals surface area contributed by atoms with Gasteiger partial charge in [-0.2, -0.15) is 0 Å². The highest BCUT2D eigenvalue weighted by atomic mass is 19.1. The fraction of sp³-hybridized carbons (Fsp3) is 0.0952. The molecule has 0 aliphatic heterocycles. The molecule has 0 aliphatic rings. The molecule has 0 radical (unpaired) electrons. The molecule has 0 amide bonds. The molecule has 0 unspecified atom stereocenters. The number of fused-ring (bicyclic) bond motifs is 1. The van der Waals surface area contributed by atoms with Gasteiger partial charge in [0.1, 0.15) is 5.58 Å². The summed E-state index contributed by atoms with van der Waals surface area (Å²) in [5, 5.41) is 9.48. The van der Waals surface area contributed by atoms with Crippen LogP contribution in [-0.2, 0) is 0 Å². The fourth-order valence-electron chi connectivity index (χ4n) is 3.11. The van der Waals surface area contributed by atoms with E-state index < -0.39 is 5.97 Å². The lowest BCUT2D eigenvalue weighted by atomic mass is 10.1. The number of rotatable bonds is 3. The number of aromatic nitrogens is 1. The van der Waals surface area contributed by atoms with Crippen molar-refractivity contribution in [3.8, 4) is 22.7 Å². The van der Waals surface area contributed by atoms with Crippen LogP contribution in [0.4, 0.5) is 4.39 Å². The van der Waals surface area contributed by atoms with E-state index in [0.717, 1.165) is 22.4 Å². The zero-order valence-electron chi connectivity index (χ0n) is 14.3. The molecule has 0 atom stereocenters. The van der Waals surface area contributed by atoms with Crippen LogP contribution >= 0.6 is 0 Å². The summed E-state index contributed by atoms with van der Waals surface area (Å²) in [6, 6.07) is 13.9. The third kappa shape index (κ3) is 2.49. The summed E-state index contributed by atoms with van der Waals surface area (Å²) in [4.78, 5) is 14.1. The maximum atomic E-state index is 14.9. The number of aromatic amines is 1. The van der Waals surface area contributed by atoms with Gasteiger partial charge in [-0.05, 0) is 54.8 Å². The number of benzene rings is 2. The molecular formula is C21H16FNO3. The summed E-state index contributed by atoms with van der Waals surface area (Å²) in [6.07, 6.45) is 0. The number of carboxylic acids is 1. The van der Waals surface area contributed by atoms with Crippen molar-refractivity contribution in [1.82, 2.24) is 4.98 Å². The van der Waals surface area contributed by atoms with E-state index in [2.05, 4.69) is 4.98 Å². The molecule has 2 heterocycles. The zero-order chi connectivity index (χ0) is 18.4. The Kier molecular flexibility index (Phi) is 3.65. The summed E-state index contributed by atoms with van der Waals surface area (Å²) in [6.45, 7) is 3.74. The molecule has 0 saturated carbocycles. The molecule has 2 aromatic heterocycles. The average Bonchev–Trinajstić information content (AvgIpc) is 3.24. The molecule has 5 heteroatoms. The summed E-state index contributed by atoms with van der Waals surface area (Å²) in [5.41, 5.74) is 4.58. The zero-order valence-corrected chi connectivity index (χ0v) is 14.3. The van der Waals surface area contributed by atoms with Crippen LogP contribution in [0, 0.1) is 19.7 Å². The van der Waals surface area contributed by atoms with Crippen LogP contribution in [-0.4, -0.2) is 16.1 Å². The molecule has 4 rings (SSSR count). The number of carbonyl (C=O) groups is 1. The number of hydrogen-bond acceptors (Lipinski definition) is 2. The predicted molar refractivity (Wildman–Crippen MR) is 97.8 cm³/mol. The number of hydrogen-bond donors (Lipinski definition) is 2. The van der Waals surface area contributed by atoms with E-state index in [1.165, 1.54) is 12.1 Å². The van der Waals surface area contributed by atoms with E-state index in [4.69, 9.17) is 9.52 Å². The van der Waals surface area contributed by atoms with Gasteiger partial charge in [0, 0.05) is 5.69 Å². The average molecular weight is 349 g/mol. The first-order valence-corrected chi connectivity index (χ1v) is 8.17. The first-order chi connectivity index (χ1) is 12.5. The third-order valence-electron chi connectivity index (χ3n) is 4.56. The van der Waals surface area contributed by atoms with Crippen molar-refractivity contribution in [2.75, 3.05) is 0 Å². The van der Waals surface area contributed by atoms with Crippen molar-refractivity contribution in [2.24, 2.45) is 0 Å². The van der Waals surface area contributed by atoms with Crippen LogP contribution in [0.1, 0.15) is 21.5 Å². The molecule has 4 aromatic rings. The third-order valence-corrected chi connectivity index (χ3v) is 4.56. The largest absolute Gasteiger partial charge is 0.478 e. The van der Waals surface area contributed by atoms with Crippen molar-refractivity contribution in [2.45, 2.75) is 13.8 Å². The highest BCUT2D eigenvalue weighted by Gasteiger charge is 2.20. The lowest BCUT2D eigenvalue weighted by Crippen LogP contribution is -1.94. The number of furan rings is 1. The standard InChI is InChI=1S/C21H16FNO3/c1-11-3-4-12(2)19-17(11)18(22)20(26-19)16-10-9-15(23-16)13-5-7-14(8-6-13)21(24)25/h3-10,23H,1-2H3,(H,24,25). The molecule has 130 valence electrons. The Morgan fingerprint density at radius 1 is 0.962 bits per heavy atom. The highest BCUT2D eigenvalue weighted by molar-refractivity contribution is 5.89. The quantitative estimate of drug-likeness (QED) is 0.510. The van der Waals surface area contributed by atoms with Crippen molar-refractivity contribution in [3.63, 3.8) is 0 Å². The number of aromatic carboxylic acids is 1. The Labute approximate surface area is 148 Å². The molecule has 0 fully saturated rings. The molecule has 2 N–H and O–H groups in total. The molecule has 26 heavy (non-hydrogen) atoms. The molecule has 0 saturated heterocycles. The Morgan fingerprint density at radius 3 is 2.27 bits per heavy atom. The van der Waals surface area contributed by atoms with Crippen LogP contribution in [0.25, 0.3) is 33.7 Å². The summed E-state index contributed by atoms with van der Waals surface area (Å²) >= 11 is 0. The monoisotopic (exact) mass is 349 g/mol. The summed E-state index contributed by atoms with van der Waals surface area (Å²) in [5.74, 6) is -1.18. The molecular weight excluding hydrogens is 333 g/mol. The van der Waals surface area contributed by atoms with E-state index in [1.807, 2.05) is 32.0 Å². The molecule has 0 bridgehead atoms. The highest BCUT2D eigenvalue weighted by Crippen LogP contribution is 2.36. The molecule has 2 aromatic carbocycles. The Hall–Kier alpha value is -3.34. The minimum atomic E-state index is -0.973. The lowest BCUT2D eigenvalue weighted by molar-refractivity contribution is 0.0697. The van der Waals surface area contributed by atoms with E-state index in [9.17, 15) is 9.18 Å². The number of aryl methyl sites for hydroxylation is 2. The number of halogens is 1. The second-order valence-electron chi connectivity index (χ2n) is 6.32. The maximum Gasteiger partial charge on any atom is 0.335 e. The minimum absolute atomic E-state index is 0.172. The lowest BCUT2D eigenvalue weighted by Gasteiger charge is -1.99. The van der Waals surface area contributed by atoms with Gasteiger partial charge < -0.3 is 14.5 Å². The Morgan fingerprint density at radius 2 is 1.62 bits per heavy atom. The van der Waals surface area contributed by atoms with Gasteiger partial charge >= 0.3 is 5.97 Å². The van der Waals surface area contributed by atoms with Crippen LogP contribution in [0.15, 0.2) is 52.9 Å². The second kappa shape index (κ2) is 5.88. The van der Waals surface area contributed by atoms with Gasteiger partial charge in [0.2, 0.25) is 0 Å². The van der Waals surface area contributed by atoms with E-state index in [0.29, 0.717) is 16.7 Å². The van der Waals surface area contributed by atoms with Gasteiger partial charge in [-0.3, -0.25) is 0 Å². The number of H-pyrrole nitrogens is 1. The SMILES string of the molecule is Cc1ccc(C)c2c(F)c(-c3ccc(-c4ccc(C(=O)O)cc4)[nH]3)oc12. The topological polar surface area (TPSA) is 66.2 Å². The van der Waals surface area contributed by atoms with Crippen molar-refractivity contribution < 1.29 is 18.7 Å². The summed E-state index contributed by atoms with van der Waals surface area (Å²) in [7, 11) is 0. The van der Waals surface area contributed by atoms with Crippen LogP contribution < -0.4 is 0 Å². The minimum Gasteiger partial charge on any atom is -0.478 e. The van der Waals surface area contributed by atoms with E-state index in [1.54, 1.807) is 18.2 Å². The van der Waals surface area contributed by atoms with Crippen LogP contribution in [0.5, 0.6) is 0 Å². The van der Waals surface area contributed by atoms with Gasteiger partial charge in [-0.1, -0.05) is 24.3 Å². The normalized spacial score (nSPS) is 11.2.